The number of nitrogens with one attached hydrogen (secondary N) is 1. The van der Waals surface area contributed by atoms with Crippen molar-refractivity contribution >= 4 is 22.5 Å². The van der Waals surface area contributed by atoms with Crippen LogP contribution in [0.2, 0.25) is 0 Å². The number of para-hydroxylation sites is 1. The van der Waals surface area contributed by atoms with Crippen LogP contribution in [0.5, 0.6) is 11.5 Å². The molecule has 4 rings (SSSR count). The maximum Gasteiger partial charge on any atom is 0.259 e. The molecule has 0 bridgehead atoms. The Hall–Kier alpha value is -3.81. The summed E-state index contributed by atoms with van der Waals surface area (Å²) in [6.07, 6.45) is 1.47. The van der Waals surface area contributed by atoms with Crippen LogP contribution in [-0.2, 0) is 0 Å². The van der Waals surface area contributed by atoms with Crippen molar-refractivity contribution in [2.75, 3.05) is 27.3 Å². The van der Waals surface area contributed by atoms with Gasteiger partial charge in [0.2, 0.25) is 0 Å². The first-order valence-electron chi connectivity index (χ1n) is 9.09. The van der Waals surface area contributed by atoms with Crippen LogP contribution in [0.4, 0.5) is 0 Å². The van der Waals surface area contributed by atoms with Gasteiger partial charge in [-0.1, -0.05) is 12.1 Å². The topological polar surface area (TPSA) is 88.9 Å². The number of carbonyl (C=O) groups excluding carboxylic acids is 1. The molecule has 1 N–H and O–H groups in total. The molecule has 0 spiro atoms. The van der Waals surface area contributed by atoms with E-state index in [9.17, 15) is 9.59 Å². The number of rotatable bonds is 6. The van der Waals surface area contributed by atoms with Gasteiger partial charge in [0.05, 0.1) is 30.8 Å². The maximum absolute atomic E-state index is 12.9. The van der Waals surface area contributed by atoms with E-state index < -0.39 is 0 Å². The molecule has 0 atom stereocenters. The molecule has 29 heavy (non-hydrogen) atoms. The lowest BCUT2D eigenvalue weighted by atomic mass is 10.2. The van der Waals surface area contributed by atoms with Crippen LogP contribution in [-0.4, -0.2) is 52.7 Å². The van der Waals surface area contributed by atoms with Crippen molar-refractivity contribution < 1.29 is 14.3 Å². The van der Waals surface area contributed by atoms with Gasteiger partial charge in [0.25, 0.3) is 11.5 Å². The van der Waals surface area contributed by atoms with Gasteiger partial charge in [-0.25, -0.2) is 4.52 Å². The third kappa shape index (κ3) is 3.52. The molecule has 2 heterocycles. The smallest absolute Gasteiger partial charge is 0.259 e. The number of aromatic amines is 1. The van der Waals surface area contributed by atoms with Crippen LogP contribution in [0.15, 0.2) is 59.5 Å². The Balaban J connectivity index is 1.50. The number of likely N-dealkylation sites (N-methyl/N-ethyl adjacent to an activating group) is 1. The van der Waals surface area contributed by atoms with Gasteiger partial charge in [0.15, 0.2) is 0 Å². The van der Waals surface area contributed by atoms with Crippen molar-refractivity contribution in [2.45, 2.75) is 0 Å². The van der Waals surface area contributed by atoms with Gasteiger partial charge < -0.3 is 19.4 Å². The van der Waals surface area contributed by atoms with Gasteiger partial charge in [0, 0.05) is 7.05 Å². The van der Waals surface area contributed by atoms with Gasteiger partial charge in [-0.05, 0) is 36.4 Å². The minimum atomic E-state index is -0.256. The van der Waals surface area contributed by atoms with Crippen molar-refractivity contribution in [3.63, 3.8) is 0 Å². The number of hydrogen-bond donors (Lipinski definition) is 1. The number of benzene rings is 2. The standard InChI is InChI=1S/C21H20N4O4/c1-24(11-12-29-15-9-7-14(28-2)8-10-15)21(27)17-13-22-25-18-6-4-3-5-16(18)20(26)23-19(17)25/h3-10,13H,11-12H2,1-2H3,(H,23,26). The van der Waals surface area contributed by atoms with Crippen LogP contribution < -0.4 is 15.0 Å². The summed E-state index contributed by atoms with van der Waals surface area (Å²) in [6.45, 7) is 0.702. The van der Waals surface area contributed by atoms with Crippen LogP contribution in [0.3, 0.4) is 0 Å². The molecule has 0 unspecified atom stereocenters. The van der Waals surface area contributed by atoms with Crippen LogP contribution in [0, 0.1) is 0 Å². The van der Waals surface area contributed by atoms with Crippen molar-refractivity contribution in [2.24, 2.45) is 0 Å². The summed E-state index contributed by atoms with van der Waals surface area (Å²) >= 11 is 0. The van der Waals surface area contributed by atoms with E-state index >= 15 is 0 Å². The number of fused-ring (bicyclic) bond motifs is 3. The molecule has 0 fully saturated rings. The molecule has 4 aromatic rings. The average molecular weight is 392 g/mol. The predicted molar refractivity (Wildman–Crippen MR) is 109 cm³/mol. The summed E-state index contributed by atoms with van der Waals surface area (Å²) in [7, 11) is 3.29. The Morgan fingerprint density at radius 3 is 2.62 bits per heavy atom. The van der Waals surface area contributed by atoms with Crippen molar-refractivity contribution in [1.82, 2.24) is 19.5 Å². The number of amides is 1. The van der Waals surface area contributed by atoms with Gasteiger partial charge in [0.1, 0.15) is 29.3 Å². The van der Waals surface area contributed by atoms with E-state index in [1.807, 2.05) is 30.3 Å². The van der Waals surface area contributed by atoms with E-state index in [0.717, 1.165) is 5.75 Å². The fourth-order valence-electron chi connectivity index (χ4n) is 3.11. The Morgan fingerprint density at radius 2 is 1.86 bits per heavy atom. The number of hydrogen-bond acceptors (Lipinski definition) is 5. The van der Waals surface area contributed by atoms with E-state index in [0.29, 0.717) is 41.0 Å². The molecular weight excluding hydrogens is 372 g/mol. The summed E-state index contributed by atoms with van der Waals surface area (Å²) < 4.78 is 12.4. The Bertz CT molecular complexity index is 1230. The second kappa shape index (κ2) is 7.67. The number of H-pyrrole nitrogens is 1. The fourth-order valence-corrected chi connectivity index (χ4v) is 3.11. The summed E-state index contributed by atoms with van der Waals surface area (Å²) in [5.74, 6) is 1.20. The minimum absolute atomic E-state index is 0.246. The number of methoxy groups -OCH3 is 1. The second-order valence-electron chi connectivity index (χ2n) is 6.54. The zero-order valence-corrected chi connectivity index (χ0v) is 16.1. The predicted octanol–water partition coefficient (Wildman–Crippen LogP) is 2.34. The largest absolute Gasteiger partial charge is 0.497 e. The molecule has 0 aliphatic carbocycles. The van der Waals surface area contributed by atoms with E-state index in [1.165, 1.54) is 11.1 Å². The first-order valence-corrected chi connectivity index (χ1v) is 9.09. The number of aromatic nitrogens is 3. The molecule has 1 amide bonds. The van der Waals surface area contributed by atoms with Crippen molar-refractivity contribution in [1.29, 1.82) is 0 Å². The zero-order chi connectivity index (χ0) is 20.4. The highest BCUT2D eigenvalue weighted by molar-refractivity contribution is 6.00. The first-order chi connectivity index (χ1) is 14.1. The van der Waals surface area contributed by atoms with E-state index in [2.05, 4.69) is 10.1 Å². The second-order valence-corrected chi connectivity index (χ2v) is 6.54. The van der Waals surface area contributed by atoms with Gasteiger partial charge >= 0.3 is 0 Å². The minimum Gasteiger partial charge on any atom is -0.497 e. The lowest BCUT2D eigenvalue weighted by Crippen LogP contribution is -2.31. The highest BCUT2D eigenvalue weighted by atomic mass is 16.5. The van der Waals surface area contributed by atoms with Crippen molar-refractivity contribution in [3.05, 3.63) is 70.6 Å². The van der Waals surface area contributed by atoms with Gasteiger partial charge in [-0.15, -0.1) is 0 Å². The highest BCUT2D eigenvalue weighted by Crippen LogP contribution is 2.18. The van der Waals surface area contributed by atoms with Crippen molar-refractivity contribution in [3.8, 4) is 11.5 Å². The van der Waals surface area contributed by atoms with Crippen LogP contribution >= 0.6 is 0 Å². The third-order valence-electron chi connectivity index (χ3n) is 4.71. The van der Waals surface area contributed by atoms with E-state index in [-0.39, 0.29) is 11.5 Å². The monoisotopic (exact) mass is 392 g/mol. The summed E-state index contributed by atoms with van der Waals surface area (Å²) in [5.41, 5.74) is 1.10. The first kappa shape index (κ1) is 18.5. The lowest BCUT2D eigenvalue weighted by Gasteiger charge is -2.17. The number of ether oxygens (including phenoxy) is 2. The molecule has 0 radical (unpaired) electrons. The normalized spacial score (nSPS) is 11.0. The molecule has 0 saturated heterocycles. The quantitative estimate of drug-likeness (QED) is 0.544. The maximum atomic E-state index is 12.9. The highest BCUT2D eigenvalue weighted by Gasteiger charge is 2.19. The molecule has 8 nitrogen and oxygen atoms in total. The molecule has 2 aromatic carbocycles. The lowest BCUT2D eigenvalue weighted by molar-refractivity contribution is 0.0775. The number of nitrogens with zero attached hydrogens (tertiary/aromatic N) is 3. The SMILES string of the molecule is COc1ccc(OCCN(C)C(=O)c2cnn3c2[nH]c(=O)c2ccccc23)cc1. The van der Waals surface area contributed by atoms with E-state index in [4.69, 9.17) is 9.47 Å². The third-order valence-corrected chi connectivity index (χ3v) is 4.71. The Labute approximate surface area is 166 Å². The van der Waals surface area contributed by atoms with E-state index in [1.54, 1.807) is 36.9 Å². The Morgan fingerprint density at radius 1 is 1.14 bits per heavy atom. The molecule has 0 aliphatic rings. The molecule has 8 heteroatoms. The summed E-state index contributed by atoms with van der Waals surface area (Å²) in [4.78, 5) is 29.5. The van der Waals surface area contributed by atoms with Gasteiger partial charge in [-0.2, -0.15) is 5.10 Å². The molecule has 0 saturated carbocycles. The summed E-state index contributed by atoms with van der Waals surface area (Å²) in [6, 6.07) is 14.4. The molecule has 2 aromatic heterocycles. The Kier molecular flexibility index (Phi) is 4.90. The zero-order valence-electron chi connectivity index (χ0n) is 16.1. The molecule has 148 valence electrons. The van der Waals surface area contributed by atoms with Crippen LogP contribution in [0.1, 0.15) is 10.4 Å². The molecular formula is C21H20N4O4. The fraction of sp³-hybridized carbons (Fsp3) is 0.190. The molecule has 0 aliphatic heterocycles. The average Bonchev–Trinajstić information content (AvgIpc) is 3.17. The van der Waals surface area contributed by atoms with Gasteiger partial charge in [-0.3, -0.25) is 9.59 Å². The summed E-state index contributed by atoms with van der Waals surface area (Å²) in [5, 5.41) is 4.81. The van der Waals surface area contributed by atoms with Crippen LogP contribution in [0.25, 0.3) is 16.6 Å². The number of carbonyl (C=O) groups is 1.